The lowest BCUT2D eigenvalue weighted by atomic mass is 10.1. The summed E-state index contributed by atoms with van der Waals surface area (Å²) in [5.41, 5.74) is 0. The third-order valence-corrected chi connectivity index (χ3v) is 3.27. The summed E-state index contributed by atoms with van der Waals surface area (Å²) in [4.78, 5) is 13.1. The van der Waals surface area contributed by atoms with E-state index in [9.17, 15) is 4.79 Å². The van der Waals surface area contributed by atoms with Crippen molar-refractivity contribution in [3.8, 4) is 0 Å². The molecule has 2 heterocycles. The number of amides is 1. The minimum absolute atomic E-state index is 0.258. The van der Waals surface area contributed by atoms with Gasteiger partial charge in [-0.15, -0.1) is 0 Å². The first-order chi connectivity index (χ1) is 7.25. The second-order valence-corrected chi connectivity index (χ2v) is 4.63. The van der Waals surface area contributed by atoms with Gasteiger partial charge in [0.25, 0.3) is 0 Å². The van der Waals surface area contributed by atoms with Crippen molar-refractivity contribution in [1.29, 1.82) is 0 Å². The van der Waals surface area contributed by atoms with Crippen LogP contribution < -0.4 is 5.32 Å². The second-order valence-electron chi connectivity index (χ2n) is 4.63. The predicted octanol–water partition coefficient (Wildman–Crippen LogP) is 0.233. The number of rotatable bonds is 3. The molecule has 1 atom stereocenters. The molecule has 0 saturated carbocycles. The van der Waals surface area contributed by atoms with Crippen LogP contribution in [0.1, 0.15) is 19.3 Å². The normalized spacial score (nSPS) is 28.7. The van der Waals surface area contributed by atoms with Gasteiger partial charge in [-0.25, -0.2) is 0 Å². The summed E-state index contributed by atoms with van der Waals surface area (Å²) in [6, 6.07) is 0. The van der Waals surface area contributed by atoms with Gasteiger partial charge in [0.2, 0.25) is 5.91 Å². The van der Waals surface area contributed by atoms with E-state index >= 15 is 0 Å². The molecular formula is C11H20N2O2. The maximum Gasteiger partial charge on any atom is 0.222 e. The number of likely N-dealkylation sites (tertiary alicyclic amines) is 1. The van der Waals surface area contributed by atoms with Gasteiger partial charge >= 0.3 is 0 Å². The van der Waals surface area contributed by atoms with E-state index in [0.29, 0.717) is 18.4 Å². The van der Waals surface area contributed by atoms with Gasteiger partial charge in [0.05, 0.1) is 12.7 Å². The Labute approximate surface area is 91.0 Å². The van der Waals surface area contributed by atoms with Crippen molar-refractivity contribution in [2.75, 3.05) is 33.3 Å². The van der Waals surface area contributed by atoms with E-state index in [1.165, 1.54) is 0 Å². The fourth-order valence-electron chi connectivity index (χ4n) is 2.30. The molecule has 0 aromatic heterocycles. The molecule has 4 nitrogen and oxygen atoms in total. The summed E-state index contributed by atoms with van der Waals surface area (Å²) in [6.45, 7) is 3.74. The Morgan fingerprint density at radius 2 is 2.20 bits per heavy atom. The third-order valence-electron chi connectivity index (χ3n) is 3.27. The van der Waals surface area contributed by atoms with E-state index in [1.54, 1.807) is 4.90 Å². The minimum Gasteiger partial charge on any atom is -0.378 e. The van der Waals surface area contributed by atoms with Crippen LogP contribution in [0.2, 0.25) is 0 Å². The average molecular weight is 212 g/mol. The fourth-order valence-corrected chi connectivity index (χ4v) is 2.30. The first-order valence-corrected chi connectivity index (χ1v) is 5.82. The molecule has 2 aliphatic heterocycles. The van der Waals surface area contributed by atoms with Gasteiger partial charge in [-0.1, -0.05) is 0 Å². The Kier molecular flexibility index (Phi) is 3.59. The maximum atomic E-state index is 11.3. The molecule has 15 heavy (non-hydrogen) atoms. The summed E-state index contributed by atoms with van der Waals surface area (Å²) in [6.07, 6.45) is 3.29. The zero-order chi connectivity index (χ0) is 10.7. The molecule has 0 bridgehead atoms. The van der Waals surface area contributed by atoms with Crippen LogP contribution in [0.4, 0.5) is 0 Å². The lowest BCUT2D eigenvalue weighted by Crippen LogP contribution is -2.33. The first-order valence-electron chi connectivity index (χ1n) is 5.82. The van der Waals surface area contributed by atoms with Crippen molar-refractivity contribution in [3.63, 3.8) is 0 Å². The number of hydrogen-bond acceptors (Lipinski definition) is 3. The summed E-state index contributed by atoms with van der Waals surface area (Å²) >= 11 is 0. The zero-order valence-corrected chi connectivity index (χ0v) is 9.37. The van der Waals surface area contributed by atoms with Gasteiger partial charge < -0.3 is 15.0 Å². The molecule has 86 valence electrons. The summed E-state index contributed by atoms with van der Waals surface area (Å²) in [7, 11) is 1.87. The number of hydrogen-bond donors (Lipinski definition) is 1. The van der Waals surface area contributed by atoms with Crippen LogP contribution in [0.5, 0.6) is 0 Å². The van der Waals surface area contributed by atoms with E-state index < -0.39 is 0 Å². The summed E-state index contributed by atoms with van der Waals surface area (Å²) in [5.74, 6) is 0.672. The van der Waals surface area contributed by atoms with Crippen LogP contribution in [0.15, 0.2) is 0 Å². The van der Waals surface area contributed by atoms with E-state index in [-0.39, 0.29) is 5.91 Å². The lowest BCUT2D eigenvalue weighted by molar-refractivity contribution is -0.126. The fraction of sp³-hybridized carbons (Fsp3) is 0.909. The molecule has 2 aliphatic rings. The Balaban J connectivity index is 1.67. The molecule has 0 radical (unpaired) electrons. The van der Waals surface area contributed by atoms with Crippen LogP contribution in [0.3, 0.4) is 0 Å². The standard InChI is InChI=1S/C11H20N2O2/c1-13-7-9(6-11(13)14)8-15-10-2-4-12-5-3-10/h9-10,12H,2-8H2,1H3/t9-/m0/s1. The Morgan fingerprint density at radius 1 is 1.47 bits per heavy atom. The molecule has 2 fully saturated rings. The average Bonchev–Trinajstić information content (AvgIpc) is 2.57. The van der Waals surface area contributed by atoms with Gasteiger partial charge in [-0.2, -0.15) is 0 Å². The second kappa shape index (κ2) is 4.94. The van der Waals surface area contributed by atoms with Crippen molar-refractivity contribution in [2.24, 2.45) is 5.92 Å². The van der Waals surface area contributed by atoms with Crippen LogP contribution in [0, 0.1) is 5.92 Å². The van der Waals surface area contributed by atoms with Crippen molar-refractivity contribution >= 4 is 5.91 Å². The first kappa shape index (κ1) is 10.9. The summed E-state index contributed by atoms with van der Waals surface area (Å²) < 4.78 is 5.84. The highest BCUT2D eigenvalue weighted by Crippen LogP contribution is 2.18. The minimum atomic E-state index is 0.258. The Bertz CT molecular complexity index is 227. The van der Waals surface area contributed by atoms with Crippen molar-refractivity contribution in [1.82, 2.24) is 10.2 Å². The van der Waals surface area contributed by atoms with Crippen LogP contribution >= 0.6 is 0 Å². The van der Waals surface area contributed by atoms with Crippen molar-refractivity contribution < 1.29 is 9.53 Å². The topological polar surface area (TPSA) is 41.6 Å². The van der Waals surface area contributed by atoms with Crippen molar-refractivity contribution in [3.05, 3.63) is 0 Å². The number of carbonyl (C=O) groups is 1. The van der Waals surface area contributed by atoms with Gasteiger partial charge in [0, 0.05) is 25.9 Å². The molecule has 4 heteroatoms. The quantitative estimate of drug-likeness (QED) is 0.728. The molecule has 0 aromatic rings. The molecule has 1 amide bonds. The highest BCUT2D eigenvalue weighted by molar-refractivity contribution is 5.78. The van der Waals surface area contributed by atoms with Gasteiger partial charge in [0.1, 0.15) is 0 Å². The van der Waals surface area contributed by atoms with Crippen LogP contribution in [-0.2, 0) is 9.53 Å². The Morgan fingerprint density at radius 3 is 2.80 bits per heavy atom. The van der Waals surface area contributed by atoms with E-state index in [1.807, 2.05) is 7.05 Å². The van der Waals surface area contributed by atoms with Gasteiger partial charge in [-0.3, -0.25) is 4.79 Å². The molecule has 0 unspecified atom stereocenters. The summed E-state index contributed by atoms with van der Waals surface area (Å²) in [5, 5.41) is 3.31. The molecular weight excluding hydrogens is 192 g/mol. The van der Waals surface area contributed by atoms with Crippen molar-refractivity contribution in [2.45, 2.75) is 25.4 Å². The largest absolute Gasteiger partial charge is 0.378 e. The lowest BCUT2D eigenvalue weighted by Gasteiger charge is -2.24. The molecule has 0 aromatic carbocycles. The van der Waals surface area contributed by atoms with Crippen LogP contribution in [-0.4, -0.2) is 50.2 Å². The highest BCUT2D eigenvalue weighted by Gasteiger charge is 2.27. The smallest absolute Gasteiger partial charge is 0.222 e. The predicted molar refractivity (Wildman–Crippen MR) is 57.6 cm³/mol. The Hall–Kier alpha value is -0.610. The number of ether oxygens (including phenoxy) is 1. The number of carbonyl (C=O) groups excluding carboxylic acids is 1. The number of piperidine rings is 1. The SMILES string of the molecule is CN1C[C@@H](COC2CCNCC2)CC1=O. The third kappa shape index (κ3) is 2.92. The molecule has 2 rings (SSSR count). The monoisotopic (exact) mass is 212 g/mol. The van der Waals surface area contributed by atoms with E-state index in [4.69, 9.17) is 4.74 Å². The van der Waals surface area contributed by atoms with Gasteiger partial charge in [0.15, 0.2) is 0 Å². The molecule has 0 spiro atoms. The molecule has 1 N–H and O–H groups in total. The zero-order valence-electron chi connectivity index (χ0n) is 9.37. The highest BCUT2D eigenvalue weighted by atomic mass is 16.5. The number of nitrogens with one attached hydrogen (secondary N) is 1. The van der Waals surface area contributed by atoms with E-state index in [0.717, 1.165) is 39.1 Å². The molecule has 2 saturated heterocycles. The van der Waals surface area contributed by atoms with Crippen LogP contribution in [0.25, 0.3) is 0 Å². The maximum absolute atomic E-state index is 11.3. The molecule has 0 aliphatic carbocycles. The van der Waals surface area contributed by atoms with Gasteiger partial charge in [-0.05, 0) is 25.9 Å². The van der Waals surface area contributed by atoms with E-state index in [2.05, 4.69) is 5.32 Å². The number of nitrogens with zero attached hydrogens (tertiary/aromatic N) is 1.